The molecule has 2 atom stereocenters. The number of hydrogen-bond acceptors (Lipinski definition) is 3. The van der Waals surface area contributed by atoms with Crippen molar-refractivity contribution >= 4 is 23.4 Å². The predicted octanol–water partition coefficient (Wildman–Crippen LogP) is 1.21. The molecule has 2 aliphatic rings. The number of hydrogen-bond donors (Lipinski definition) is 1. The number of nitrogens with two attached hydrogens (primary N) is 1. The highest BCUT2D eigenvalue weighted by atomic mass is 16.2. The third kappa shape index (κ3) is 3.13. The van der Waals surface area contributed by atoms with Gasteiger partial charge in [0.25, 0.3) is 0 Å². The number of rotatable bonds is 3. The van der Waals surface area contributed by atoms with E-state index in [4.69, 9.17) is 5.73 Å². The molecular formula is C18H23N3O3. The van der Waals surface area contributed by atoms with E-state index in [1.54, 1.807) is 9.80 Å². The Labute approximate surface area is 141 Å². The topological polar surface area (TPSA) is 83.7 Å². The summed E-state index contributed by atoms with van der Waals surface area (Å²) in [6, 6.07) is 7.16. The summed E-state index contributed by atoms with van der Waals surface area (Å²) in [6.45, 7) is 2.90. The molecular weight excluding hydrogens is 306 g/mol. The number of primary amides is 1. The van der Waals surface area contributed by atoms with Crippen LogP contribution in [0.3, 0.4) is 0 Å². The third-order valence-corrected chi connectivity index (χ3v) is 4.93. The molecule has 3 amide bonds. The molecule has 0 bridgehead atoms. The van der Waals surface area contributed by atoms with Gasteiger partial charge in [0, 0.05) is 25.2 Å². The van der Waals surface area contributed by atoms with E-state index >= 15 is 0 Å². The van der Waals surface area contributed by atoms with Gasteiger partial charge in [0.05, 0.1) is 5.92 Å². The summed E-state index contributed by atoms with van der Waals surface area (Å²) in [6.07, 6.45) is 2.58. The van der Waals surface area contributed by atoms with Crippen LogP contribution < -0.4 is 10.6 Å². The largest absolute Gasteiger partial charge is 0.368 e. The molecule has 0 spiro atoms. The Morgan fingerprint density at radius 2 is 1.88 bits per heavy atom. The maximum absolute atomic E-state index is 12.8. The lowest BCUT2D eigenvalue weighted by Gasteiger charge is -2.35. The molecule has 2 saturated heterocycles. The van der Waals surface area contributed by atoms with Crippen LogP contribution in [0.1, 0.15) is 31.2 Å². The molecule has 1 aromatic carbocycles. The van der Waals surface area contributed by atoms with Crippen molar-refractivity contribution in [1.82, 2.24) is 4.90 Å². The number of aryl methyl sites for hydroxylation is 1. The second-order valence-corrected chi connectivity index (χ2v) is 6.69. The summed E-state index contributed by atoms with van der Waals surface area (Å²) in [5.74, 6) is -1.03. The number of benzene rings is 1. The first-order valence-corrected chi connectivity index (χ1v) is 8.44. The number of carbonyl (C=O) groups excluding carboxylic acids is 3. The van der Waals surface area contributed by atoms with E-state index < -0.39 is 17.9 Å². The Balaban J connectivity index is 1.73. The van der Waals surface area contributed by atoms with Crippen LogP contribution >= 0.6 is 0 Å². The molecule has 2 unspecified atom stereocenters. The molecule has 2 heterocycles. The number of likely N-dealkylation sites (tertiary alicyclic amines) is 1. The Hall–Kier alpha value is -2.37. The first-order valence-electron chi connectivity index (χ1n) is 8.44. The first kappa shape index (κ1) is 16.5. The zero-order chi connectivity index (χ0) is 17.3. The second-order valence-electron chi connectivity index (χ2n) is 6.69. The minimum Gasteiger partial charge on any atom is -0.368 e. The second kappa shape index (κ2) is 6.63. The van der Waals surface area contributed by atoms with Gasteiger partial charge in [0.2, 0.25) is 17.7 Å². The summed E-state index contributed by atoms with van der Waals surface area (Å²) in [5.41, 5.74) is 7.38. The maximum Gasteiger partial charge on any atom is 0.240 e. The van der Waals surface area contributed by atoms with Crippen molar-refractivity contribution in [3.8, 4) is 0 Å². The van der Waals surface area contributed by atoms with Crippen molar-refractivity contribution in [2.24, 2.45) is 11.7 Å². The smallest absolute Gasteiger partial charge is 0.240 e. The number of nitrogens with zero attached hydrogens (tertiary/aromatic N) is 2. The number of amides is 3. The lowest BCUT2D eigenvalue weighted by atomic mass is 9.98. The van der Waals surface area contributed by atoms with Gasteiger partial charge in [-0.1, -0.05) is 17.7 Å². The van der Waals surface area contributed by atoms with Crippen molar-refractivity contribution in [2.45, 2.75) is 38.6 Å². The highest BCUT2D eigenvalue weighted by Gasteiger charge is 2.40. The molecule has 2 aliphatic heterocycles. The van der Waals surface area contributed by atoms with Crippen molar-refractivity contribution in [2.75, 3.05) is 18.0 Å². The predicted molar refractivity (Wildman–Crippen MR) is 90.2 cm³/mol. The summed E-state index contributed by atoms with van der Waals surface area (Å²) < 4.78 is 0. The van der Waals surface area contributed by atoms with E-state index in [1.807, 2.05) is 31.2 Å². The van der Waals surface area contributed by atoms with Gasteiger partial charge in [-0.05, 0) is 38.3 Å². The molecule has 6 nitrogen and oxygen atoms in total. The Bertz CT molecular complexity index is 656. The lowest BCUT2D eigenvalue weighted by molar-refractivity contribution is -0.144. The van der Waals surface area contributed by atoms with Gasteiger partial charge >= 0.3 is 0 Å². The third-order valence-electron chi connectivity index (χ3n) is 4.93. The van der Waals surface area contributed by atoms with Crippen LogP contribution in [0.5, 0.6) is 0 Å². The van der Waals surface area contributed by atoms with E-state index in [0.29, 0.717) is 19.5 Å². The highest BCUT2D eigenvalue weighted by Crippen LogP contribution is 2.28. The van der Waals surface area contributed by atoms with Gasteiger partial charge in [0.1, 0.15) is 6.04 Å². The normalized spacial score (nSPS) is 24.3. The quantitative estimate of drug-likeness (QED) is 0.905. The molecule has 0 saturated carbocycles. The fourth-order valence-corrected chi connectivity index (χ4v) is 3.57. The standard InChI is InChI=1S/C18H23N3O3/c1-12-5-7-14(8-6-12)21-11-13(10-16(21)22)18(24)20-9-3-2-4-15(20)17(19)23/h5-8,13,15H,2-4,9-11H2,1H3,(H2,19,23). The molecule has 24 heavy (non-hydrogen) atoms. The molecule has 2 fully saturated rings. The fourth-order valence-electron chi connectivity index (χ4n) is 3.57. The molecule has 1 aromatic rings. The fraction of sp³-hybridized carbons (Fsp3) is 0.500. The number of piperidine rings is 1. The molecule has 0 radical (unpaired) electrons. The zero-order valence-corrected chi connectivity index (χ0v) is 13.9. The van der Waals surface area contributed by atoms with Crippen LogP contribution in [0.2, 0.25) is 0 Å². The van der Waals surface area contributed by atoms with Crippen LogP contribution in [0.15, 0.2) is 24.3 Å². The molecule has 128 valence electrons. The maximum atomic E-state index is 12.8. The summed E-state index contributed by atoms with van der Waals surface area (Å²) in [7, 11) is 0. The van der Waals surface area contributed by atoms with E-state index in [2.05, 4.69) is 0 Å². The van der Waals surface area contributed by atoms with Crippen molar-refractivity contribution in [3.63, 3.8) is 0 Å². The Morgan fingerprint density at radius 3 is 2.54 bits per heavy atom. The molecule has 0 aliphatic carbocycles. The lowest BCUT2D eigenvalue weighted by Crippen LogP contribution is -2.52. The molecule has 6 heteroatoms. The van der Waals surface area contributed by atoms with Crippen LogP contribution in [0, 0.1) is 12.8 Å². The van der Waals surface area contributed by atoms with Crippen molar-refractivity contribution in [1.29, 1.82) is 0 Å². The van der Waals surface area contributed by atoms with Gasteiger partial charge in [-0.15, -0.1) is 0 Å². The monoisotopic (exact) mass is 329 g/mol. The summed E-state index contributed by atoms with van der Waals surface area (Å²) in [4.78, 5) is 40.0. The summed E-state index contributed by atoms with van der Waals surface area (Å²) >= 11 is 0. The molecule has 2 N–H and O–H groups in total. The minimum atomic E-state index is -0.533. The Morgan fingerprint density at radius 1 is 1.17 bits per heavy atom. The van der Waals surface area contributed by atoms with Crippen LogP contribution in [-0.4, -0.2) is 41.8 Å². The van der Waals surface area contributed by atoms with Crippen molar-refractivity contribution in [3.05, 3.63) is 29.8 Å². The van der Waals surface area contributed by atoms with Crippen LogP contribution in [-0.2, 0) is 14.4 Å². The van der Waals surface area contributed by atoms with Crippen molar-refractivity contribution < 1.29 is 14.4 Å². The molecule has 3 rings (SSSR count). The first-order chi connectivity index (χ1) is 11.5. The number of anilines is 1. The molecule has 0 aromatic heterocycles. The van der Waals surface area contributed by atoms with Gasteiger partial charge < -0.3 is 15.5 Å². The highest BCUT2D eigenvalue weighted by molar-refractivity contribution is 6.01. The van der Waals surface area contributed by atoms with Crippen LogP contribution in [0.4, 0.5) is 5.69 Å². The SMILES string of the molecule is Cc1ccc(N2CC(C(=O)N3CCCCC3C(N)=O)CC2=O)cc1. The van der Waals surface area contributed by atoms with Crippen LogP contribution in [0.25, 0.3) is 0 Å². The van der Waals surface area contributed by atoms with E-state index in [0.717, 1.165) is 24.1 Å². The van der Waals surface area contributed by atoms with E-state index in [1.165, 1.54) is 0 Å². The zero-order valence-electron chi connectivity index (χ0n) is 13.9. The summed E-state index contributed by atoms with van der Waals surface area (Å²) in [5, 5.41) is 0. The minimum absolute atomic E-state index is 0.0511. The average molecular weight is 329 g/mol. The van der Waals surface area contributed by atoms with E-state index in [-0.39, 0.29) is 18.2 Å². The van der Waals surface area contributed by atoms with E-state index in [9.17, 15) is 14.4 Å². The van der Waals surface area contributed by atoms with Gasteiger partial charge in [-0.25, -0.2) is 0 Å². The van der Waals surface area contributed by atoms with Gasteiger partial charge in [-0.3, -0.25) is 14.4 Å². The average Bonchev–Trinajstić information content (AvgIpc) is 2.96. The number of carbonyl (C=O) groups is 3. The van der Waals surface area contributed by atoms with Gasteiger partial charge in [-0.2, -0.15) is 0 Å². The van der Waals surface area contributed by atoms with Gasteiger partial charge in [0.15, 0.2) is 0 Å². The Kier molecular flexibility index (Phi) is 4.55.